The van der Waals surface area contributed by atoms with Crippen LogP contribution in [0.15, 0.2) is 0 Å². The van der Waals surface area contributed by atoms with Crippen LogP contribution in [0.4, 0.5) is 0 Å². The maximum atomic E-state index is 11.2. The largest absolute Gasteiger partial charge is 0.463 e. The van der Waals surface area contributed by atoms with Gasteiger partial charge >= 0.3 is 11.9 Å². The smallest absolute Gasteiger partial charge is 0.303 e. The van der Waals surface area contributed by atoms with Gasteiger partial charge in [-0.15, -0.1) is 0 Å². The zero-order valence-corrected chi connectivity index (χ0v) is 11.9. The highest BCUT2D eigenvalue weighted by atomic mass is 16.7. The fourth-order valence-corrected chi connectivity index (χ4v) is 2.08. The molecule has 1 saturated heterocycles. The standard InChI is InChI=1S/C12H20O8/c1-6(13)18-5-8-9(19-7(2)14)10(16-3)11(17-4)12(15)20-8/h8-12,15H,5H2,1-4H3/t8?,9-,10?,11?,12+/m1/s1. The minimum atomic E-state index is -1.28. The highest BCUT2D eigenvalue weighted by molar-refractivity contribution is 5.66. The Morgan fingerprint density at radius 3 is 2.10 bits per heavy atom. The fraction of sp³-hybridized carbons (Fsp3) is 0.833. The van der Waals surface area contributed by atoms with E-state index in [1.54, 1.807) is 0 Å². The molecule has 1 fully saturated rings. The maximum absolute atomic E-state index is 11.2. The molecule has 0 bridgehead atoms. The summed E-state index contributed by atoms with van der Waals surface area (Å²) in [7, 11) is 2.77. The number of carbonyl (C=O) groups excluding carboxylic acids is 2. The Labute approximate surface area is 116 Å². The van der Waals surface area contributed by atoms with Crippen molar-refractivity contribution >= 4 is 11.9 Å². The van der Waals surface area contributed by atoms with Crippen molar-refractivity contribution in [2.24, 2.45) is 0 Å². The van der Waals surface area contributed by atoms with Crippen molar-refractivity contribution in [1.29, 1.82) is 0 Å². The Morgan fingerprint density at radius 1 is 1.05 bits per heavy atom. The lowest BCUT2D eigenvalue weighted by Gasteiger charge is -2.42. The minimum Gasteiger partial charge on any atom is -0.463 e. The van der Waals surface area contributed by atoms with Crippen molar-refractivity contribution in [3.63, 3.8) is 0 Å². The number of esters is 2. The lowest BCUT2D eigenvalue weighted by Crippen LogP contribution is -2.61. The molecule has 0 amide bonds. The molecule has 1 heterocycles. The first-order valence-corrected chi connectivity index (χ1v) is 6.10. The van der Waals surface area contributed by atoms with Gasteiger partial charge in [-0.3, -0.25) is 9.59 Å². The van der Waals surface area contributed by atoms with Gasteiger partial charge in [0.2, 0.25) is 0 Å². The first kappa shape index (κ1) is 16.8. The van der Waals surface area contributed by atoms with E-state index in [2.05, 4.69) is 0 Å². The predicted octanol–water partition coefficient (Wildman–Crippen LogP) is -0.772. The Bertz CT molecular complexity index is 344. The first-order chi connectivity index (χ1) is 9.40. The summed E-state index contributed by atoms with van der Waals surface area (Å²) in [5, 5.41) is 9.85. The number of rotatable bonds is 5. The monoisotopic (exact) mass is 292 g/mol. The third kappa shape index (κ3) is 4.14. The highest BCUT2D eigenvalue weighted by Gasteiger charge is 2.48. The number of carbonyl (C=O) groups is 2. The number of aliphatic hydroxyl groups excluding tert-OH is 1. The van der Waals surface area contributed by atoms with E-state index in [-0.39, 0.29) is 6.61 Å². The Morgan fingerprint density at radius 2 is 1.65 bits per heavy atom. The summed E-state index contributed by atoms with van der Waals surface area (Å²) in [6.45, 7) is 2.31. The van der Waals surface area contributed by atoms with Crippen LogP contribution in [0.25, 0.3) is 0 Å². The molecule has 0 aromatic carbocycles. The van der Waals surface area contributed by atoms with Crippen molar-refractivity contribution in [2.45, 2.75) is 44.6 Å². The van der Waals surface area contributed by atoms with E-state index in [0.717, 1.165) is 0 Å². The molecule has 5 atom stereocenters. The highest BCUT2D eigenvalue weighted by Crippen LogP contribution is 2.26. The van der Waals surface area contributed by atoms with Crippen LogP contribution in [0.2, 0.25) is 0 Å². The van der Waals surface area contributed by atoms with E-state index in [1.807, 2.05) is 0 Å². The molecule has 8 nitrogen and oxygen atoms in total. The molecular formula is C12H20O8. The van der Waals surface area contributed by atoms with Gasteiger partial charge in [-0.2, -0.15) is 0 Å². The summed E-state index contributed by atoms with van der Waals surface area (Å²) in [6.07, 6.45) is -4.54. The summed E-state index contributed by atoms with van der Waals surface area (Å²) in [4.78, 5) is 22.1. The first-order valence-electron chi connectivity index (χ1n) is 6.10. The molecule has 20 heavy (non-hydrogen) atoms. The van der Waals surface area contributed by atoms with Crippen molar-refractivity contribution in [2.75, 3.05) is 20.8 Å². The number of aliphatic hydroxyl groups is 1. The van der Waals surface area contributed by atoms with Gasteiger partial charge in [-0.25, -0.2) is 0 Å². The second-order valence-electron chi connectivity index (χ2n) is 4.34. The molecule has 0 spiro atoms. The molecule has 1 aliphatic rings. The number of hydrogen-bond donors (Lipinski definition) is 1. The summed E-state index contributed by atoms with van der Waals surface area (Å²) in [5.74, 6) is -1.05. The summed E-state index contributed by atoms with van der Waals surface area (Å²) in [5.41, 5.74) is 0. The molecule has 0 saturated carbocycles. The molecule has 3 unspecified atom stereocenters. The average Bonchev–Trinajstić information content (AvgIpc) is 2.37. The second-order valence-corrected chi connectivity index (χ2v) is 4.34. The third-order valence-electron chi connectivity index (χ3n) is 2.91. The van der Waals surface area contributed by atoms with Gasteiger partial charge in [0, 0.05) is 28.1 Å². The molecule has 0 aliphatic carbocycles. The molecule has 1 N–H and O–H groups in total. The molecular weight excluding hydrogens is 272 g/mol. The molecule has 1 aliphatic heterocycles. The van der Waals surface area contributed by atoms with Gasteiger partial charge in [0.1, 0.15) is 24.9 Å². The third-order valence-corrected chi connectivity index (χ3v) is 2.91. The number of methoxy groups -OCH3 is 2. The van der Waals surface area contributed by atoms with Gasteiger partial charge in [0.05, 0.1) is 0 Å². The zero-order chi connectivity index (χ0) is 15.3. The Balaban J connectivity index is 2.89. The van der Waals surface area contributed by atoms with E-state index >= 15 is 0 Å². The van der Waals surface area contributed by atoms with Crippen LogP contribution in [0.3, 0.4) is 0 Å². The van der Waals surface area contributed by atoms with Gasteiger partial charge in [0.15, 0.2) is 12.4 Å². The molecule has 0 aromatic heterocycles. The predicted molar refractivity (Wildman–Crippen MR) is 64.7 cm³/mol. The molecule has 0 aromatic rings. The van der Waals surface area contributed by atoms with E-state index in [1.165, 1.54) is 28.1 Å². The zero-order valence-electron chi connectivity index (χ0n) is 11.9. The SMILES string of the molecule is COC1C(OC)[C@@H](O)OC(COC(C)=O)[C@H]1OC(C)=O. The van der Waals surface area contributed by atoms with Crippen molar-refractivity contribution in [1.82, 2.24) is 0 Å². The Hall–Kier alpha value is -1.22. The summed E-state index contributed by atoms with van der Waals surface area (Å²) >= 11 is 0. The molecule has 116 valence electrons. The quantitative estimate of drug-likeness (QED) is 0.659. The lowest BCUT2D eigenvalue weighted by atomic mass is 9.98. The number of hydrogen-bond acceptors (Lipinski definition) is 8. The van der Waals surface area contributed by atoms with E-state index < -0.39 is 42.6 Å². The summed E-state index contributed by atoms with van der Waals surface area (Å²) in [6, 6.07) is 0. The van der Waals surface area contributed by atoms with Crippen LogP contribution in [-0.4, -0.2) is 68.6 Å². The fourth-order valence-electron chi connectivity index (χ4n) is 2.08. The second kappa shape index (κ2) is 7.53. The van der Waals surface area contributed by atoms with E-state index in [0.29, 0.717) is 0 Å². The molecule has 0 radical (unpaired) electrons. The normalized spacial score (nSPS) is 33.5. The van der Waals surface area contributed by atoms with Crippen LogP contribution in [0.1, 0.15) is 13.8 Å². The van der Waals surface area contributed by atoms with Crippen molar-refractivity contribution < 1.29 is 38.4 Å². The van der Waals surface area contributed by atoms with E-state index in [4.69, 9.17) is 23.7 Å². The number of ether oxygens (including phenoxy) is 5. The van der Waals surface area contributed by atoms with Crippen molar-refractivity contribution in [3.05, 3.63) is 0 Å². The van der Waals surface area contributed by atoms with Gasteiger partial charge in [-0.05, 0) is 0 Å². The van der Waals surface area contributed by atoms with Gasteiger partial charge < -0.3 is 28.8 Å². The van der Waals surface area contributed by atoms with Crippen LogP contribution in [0, 0.1) is 0 Å². The van der Waals surface area contributed by atoms with Crippen molar-refractivity contribution in [3.8, 4) is 0 Å². The topological polar surface area (TPSA) is 101 Å². The lowest BCUT2D eigenvalue weighted by molar-refractivity contribution is -0.298. The summed E-state index contributed by atoms with van der Waals surface area (Å²) < 4.78 is 25.6. The van der Waals surface area contributed by atoms with Crippen LogP contribution < -0.4 is 0 Å². The van der Waals surface area contributed by atoms with Crippen LogP contribution in [0.5, 0.6) is 0 Å². The maximum Gasteiger partial charge on any atom is 0.303 e. The van der Waals surface area contributed by atoms with Crippen LogP contribution in [-0.2, 0) is 33.3 Å². The molecule has 1 rings (SSSR count). The minimum absolute atomic E-state index is 0.166. The van der Waals surface area contributed by atoms with E-state index in [9.17, 15) is 14.7 Å². The average molecular weight is 292 g/mol. The molecule has 8 heteroatoms. The van der Waals surface area contributed by atoms with Gasteiger partial charge in [-0.1, -0.05) is 0 Å². The van der Waals surface area contributed by atoms with Crippen LogP contribution >= 0.6 is 0 Å². The Kier molecular flexibility index (Phi) is 6.34. The van der Waals surface area contributed by atoms with Gasteiger partial charge in [0.25, 0.3) is 0 Å².